The molecule has 5 rings (SSSR count). The molecule has 1 aliphatic rings. The van der Waals surface area contributed by atoms with Crippen LogP contribution in [0.5, 0.6) is 0 Å². The summed E-state index contributed by atoms with van der Waals surface area (Å²) in [4.78, 5) is 25.5. The number of oxazole rings is 1. The first kappa shape index (κ1) is 21.6. The molecule has 1 saturated heterocycles. The number of benzene rings is 2. The van der Waals surface area contributed by atoms with Gasteiger partial charge in [0, 0.05) is 24.2 Å². The quantitative estimate of drug-likeness (QED) is 0.398. The highest BCUT2D eigenvalue weighted by molar-refractivity contribution is 7.14. The van der Waals surface area contributed by atoms with Crippen molar-refractivity contribution in [3.8, 4) is 11.3 Å². The van der Waals surface area contributed by atoms with Gasteiger partial charge < -0.3 is 14.6 Å². The fraction of sp³-hybridized carbons (Fsp3) is 0.320. The molecular formula is C25H25FN4O2S. The van der Waals surface area contributed by atoms with Gasteiger partial charge in [0.15, 0.2) is 5.58 Å². The first-order valence-corrected chi connectivity index (χ1v) is 12.0. The minimum absolute atomic E-state index is 0.000244. The molecule has 0 spiro atoms. The van der Waals surface area contributed by atoms with E-state index in [-0.39, 0.29) is 23.8 Å². The molecule has 8 heteroatoms. The first-order chi connectivity index (χ1) is 16.0. The van der Waals surface area contributed by atoms with Crippen molar-refractivity contribution >= 4 is 34.4 Å². The second-order valence-electron chi connectivity index (χ2n) is 8.43. The number of amides is 1. The summed E-state index contributed by atoms with van der Waals surface area (Å²) in [6, 6.07) is 14.3. The number of thiazole rings is 1. The highest BCUT2D eigenvalue weighted by Gasteiger charge is 2.35. The molecular weight excluding hydrogens is 439 g/mol. The Morgan fingerprint density at radius 3 is 2.76 bits per heavy atom. The van der Waals surface area contributed by atoms with Crippen LogP contribution >= 0.6 is 11.3 Å². The molecule has 0 bridgehead atoms. The zero-order valence-electron chi connectivity index (χ0n) is 18.5. The van der Waals surface area contributed by atoms with E-state index in [2.05, 4.69) is 22.2 Å². The average Bonchev–Trinajstić information content (AvgIpc) is 3.41. The molecule has 2 aromatic heterocycles. The number of anilines is 1. The van der Waals surface area contributed by atoms with Crippen molar-refractivity contribution in [1.29, 1.82) is 0 Å². The van der Waals surface area contributed by atoms with E-state index in [1.807, 2.05) is 36.1 Å². The number of aryl methyl sites for hydroxylation is 1. The molecule has 2 unspecified atom stereocenters. The highest BCUT2D eigenvalue weighted by atomic mass is 32.1. The third-order valence-corrected chi connectivity index (χ3v) is 7.05. The van der Waals surface area contributed by atoms with Gasteiger partial charge in [0.2, 0.25) is 0 Å². The predicted molar refractivity (Wildman–Crippen MR) is 128 cm³/mol. The maximum atomic E-state index is 13.8. The Hall–Kier alpha value is -3.26. The van der Waals surface area contributed by atoms with Gasteiger partial charge in [0.1, 0.15) is 16.2 Å². The second-order valence-corrected chi connectivity index (χ2v) is 9.63. The number of halogens is 1. The van der Waals surface area contributed by atoms with Crippen molar-refractivity contribution in [3.05, 3.63) is 64.2 Å². The lowest BCUT2D eigenvalue weighted by Gasteiger charge is -2.40. The van der Waals surface area contributed by atoms with E-state index in [4.69, 9.17) is 4.42 Å². The van der Waals surface area contributed by atoms with E-state index in [1.165, 1.54) is 23.5 Å². The standard InChI is InChI=1S/C25H25FN4O2S/c1-15-6-5-7-19(14-27-25-29-20-8-3-4-9-21(20)32-25)30(15)24(31)23-22(28-16(2)33-23)17-10-12-18(26)13-11-17/h3-4,8-13,15,19H,5-7,14H2,1-2H3,(H,27,29). The SMILES string of the molecule is Cc1nc(-c2ccc(F)cc2)c(C(=O)N2C(C)CCCC2CNc2nc3ccccc3o2)s1. The summed E-state index contributed by atoms with van der Waals surface area (Å²) < 4.78 is 19.2. The summed E-state index contributed by atoms with van der Waals surface area (Å²) in [6.07, 6.45) is 2.90. The van der Waals surface area contributed by atoms with Crippen LogP contribution in [0.2, 0.25) is 0 Å². The Labute approximate surface area is 195 Å². The van der Waals surface area contributed by atoms with E-state index in [1.54, 1.807) is 12.1 Å². The normalized spacial score (nSPS) is 18.6. The lowest BCUT2D eigenvalue weighted by molar-refractivity contribution is 0.0505. The molecule has 1 amide bonds. The van der Waals surface area contributed by atoms with Crippen LogP contribution < -0.4 is 5.32 Å². The van der Waals surface area contributed by atoms with E-state index in [0.29, 0.717) is 23.1 Å². The van der Waals surface area contributed by atoms with E-state index < -0.39 is 0 Å². The van der Waals surface area contributed by atoms with Crippen LogP contribution in [0.4, 0.5) is 10.4 Å². The Kier molecular flexibility index (Phi) is 5.85. The Balaban J connectivity index is 1.40. The van der Waals surface area contributed by atoms with Gasteiger partial charge >= 0.3 is 0 Å². The van der Waals surface area contributed by atoms with E-state index >= 15 is 0 Å². The minimum atomic E-state index is -0.312. The molecule has 3 heterocycles. The molecule has 33 heavy (non-hydrogen) atoms. The van der Waals surface area contributed by atoms with Crippen LogP contribution in [0, 0.1) is 12.7 Å². The third-order valence-electron chi connectivity index (χ3n) is 6.09. The van der Waals surface area contributed by atoms with E-state index in [9.17, 15) is 9.18 Å². The zero-order chi connectivity index (χ0) is 22.9. The van der Waals surface area contributed by atoms with Crippen LogP contribution in [0.1, 0.15) is 40.9 Å². The highest BCUT2D eigenvalue weighted by Crippen LogP contribution is 2.33. The number of carbonyl (C=O) groups excluding carboxylic acids is 1. The summed E-state index contributed by atoms with van der Waals surface area (Å²) >= 11 is 1.39. The van der Waals surface area contributed by atoms with Crippen molar-refractivity contribution in [2.45, 2.75) is 45.2 Å². The lowest BCUT2D eigenvalue weighted by Crippen LogP contribution is -2.51. The van der Waals surface area contributed by atoms with Crippen LogP contribution in [0.15, 0.2) is 52.9 Å². The summed E-state index contributed by atoms with van der Waals surface area (Å²) in [5.41, 5.74) is 2.89. The Morgan fingerprint density at radius 1 is 1.18 bits per heavy atom. The largest absolute Gasteiger partial charge is 0.424 e. The minimum Gasteiger partial charge on any atom is -0.424 e. The van der Waals surface area contributed by atoms with Crippen molar-refractivity contribution in [2.24, 2.45) is 0 Å². The van der Waals surface area contributed by atoms with Gasteiger partial charge in [-0.05, 0) is 69.5 Å². The summed E-state index contributed by atoms with van der Waals surface area (Å²) in [7, 11) is 0. The number of nitrogens with one attached hydrogen (secondary N) is 1. The Bertz CT molecular complexity index is 1250. The monoisotopic (exact) mass is 464 g/mol. The van der Waals surface area contributed by atoms with Gasteiger partial charge in [-0.2, -0.15) is 4.98 Å². The molecule has 4 aromatic rings. The van der Waals surface area contributed by atoms with Crippen molar-refractivity contribution in [1.82, 2.24) is 14.9 Å². The molecule has 2 aromatic carbocycles. The summed E-state index contributed by atoms with van der Waals surface area (Å²) in [6.45, 7) is 4.53. The number of para-hydroxylation sites is 2. The first-order valence-electron chi connectivity index (χ1n) is 11.1. The van der Waals surface area contributed by atoms with Gasteiger partial charge in [0.25, 0.3) is 11.9 Å². The smallest absolute Gasteiger partial charge is 0.295 e. The molecule has 170 valence electrons. The van der Waals surface area contributed by atoms with Crippen LogP contribution in [0.3, 0.4) is 0 Å². The maximum Gasteiger partial charge on any atom is 0.295 e. The Morgan fingerprint density at radius 2 is 1.97 bits per heavy atom. The number of nitrogens with zero attached hydrogens (tertiary/aromatic N) is 3. The number of fused-ring (bicyclic) bond motifs is 1. The van der Waals surface area contributed by atoms with E-state index in [0.717, 1.165) is 40.9 Å². The molecule has 1 N–H and O–H groups in total. The summed E-state index contributed by atoms with van der Waals surface area (Å²) in [5, 5.41) is 4.10. The number of piperidine rings is 1. The van der Waals surface area contributed by atoms with Gasteiger partial charge in [-0.25, -0.2) is 9.37 Å². The molecule has 1 fully saturated rings. The molecule has 0 radical (unpaired) electrons. The second kappa shape index (κ2) is 8.94. The molecule has 0 aliphatic carbocycles. The number of likely N-dealkylation sites (tertiary alicyclic amines) is 1. The number of hydrogen-bond acceptors (Lipinski definition) is 6. The average molecular weight is 465 g/mol. The van der Waals surface area contributed by atoms with Gasteiger partial charge in [-0.1, -0.05) is 12.1 Å². The molecule has 0 saturated carbocycles. The van der Waals surface area contributed by atoms with Gasteiger partial charge in [0.05, 0.1) is 10.7 Å². The van der Waals surface area contributed by atoms with Crippen LogP contribution in [-0.2, 0) is 0 Å². The summed E-state index contributed by atoms with van der Waals surface area (Å²) in [5.74, 6) is -0.343. The van der Waals surface area contributed by atoms with Crippen molar-refractivity contribution < 1.29 is 13.6 Å². The third kappa shape index (κ3) is 4.35. The number of aromatic nitrogens is 2. The van der Waals surface area contributed by atoms with Gasteiger partial charge in [-0.15, -0.1) is 11.3 Å². The molecule has 1 aliphatic heterocycles. The zero-order valence-corrected chi connectivity index (χ0v) is 19.4. The van der Waals surface area contributed by atoms with Crippen LogP contribution in [0.25, 0.3) is 22.4 Å². The topological polar surface area (TPSA) is 71.3 Å². The fourth-order valence-electron chi connectivity index (χ4n) is 4.50. The predicted octanol–water partition coefficient (Wildman–Crippen LogP) is 5.89. The number of rotatable bonds is 5. The molecule has 6 nitrogen and oxygen atoms in total. The van der Waals surface area contributed by atoms with Crippen molar-refractivity contribution in [3.63, 3.8) is 0 Å². The fourth-order valence-corrected chi connectivity index (χ4v) is 5.38. The lowest BCUT2D eigenvalue weighted by atomic mass is 9.95. The van der Waals surface area contributed by atoms with Crippen LogP contribution in [-0.4, -0.2) is 39.4 Å². The number of carbonyl (C=O) groups is 1. The number of hydrogen-bond donors (Lipinski definition) is 1. The molecule has 2 atom stereocenters. The van der Waals surface area contributed by atoms with Gasteiger partial charge in [-0.3, -0.25) is 4.79 Å². The van der Waals surface area contributed by atoms with Crippen molar-refractivity contribution in [2.75, 3.05) is 11.9 Å². The maximum absolute atomic E-state index is 13.8.